The zero-order valence-corrected chi connectivity index (χ0v) is 27.8. The van der Waals surface area contributed by atoms with E-state index in [1.165, 1.54) is 22.3 Å². The van der Waals surface area contributed by atoms with Crippen molar-refractivity contribution in [1.29, 1.82) is 0 Å². The average molecular weight is 665 g/mol. The van der Waals surface area contributed by atoms with E-state index in [9.17, 15) is 0 Å². The highest BCUT2D eigenvalue weighted by molar-refractivity contribution is 5.44. The largest absolute Gasteiger partial charge is 0.491 e. The maximum atomic E-state index is 6.04. The zero-order chi connectivity index (χ0) is 32.9. The van der Waals surface area contributed by atoms with E-state index in [1.807, 2.05) is 0 Å². The maximum Gasteiger partial charge on any atom is 0.119 e. The van der Waals surface area contributed by atoms with Crippen molar-refractivity contribution in [1.82, 2.24) is 0 Å². The molecule has 256 valence electrons. The first-order valence-corrected chi connectivity index (χ1v) is 17.5. The summed E-state index contributed by atoms with van der Waals surface area (Å²) >= 11 is 0. The lowest BCUT2D eigenvalue weighted by Crippen LogP contribution is -2.29. The lowest BCUT2D eigenvalue weighted by atomic mass is 9.67. The molecule has 0 amide bonds. The molecule has 4 aromatic carbocycles. The molecule has 4 atom stereocenters. The van der Waals surface area contributed by atoms with E-state index in [1.54, 1.807) is 0 Å². The Morgan fingerprint density at radius 3 is 0.939 bits per heavy atom. The SMILES string of the molecule is c1cc(OCC2CO2)ccc1CCC(CCc1ccc(OCC2CO2)cc1)(c1ccc(OCC2CO2)cc1)c1ccc(OCC2CO2)cc1. The van der Waals surface area contributed by atoms with E-state index < -0.39 is 0 Å². The molecule has 4 saturated heterocycles. The van der Waals surface area contributed by atoms with Crippen LogP contribution in [0.15, 0.2) is 97.1 Å². The van der Waals surface area contributed by atoms with E-state index in [0.717, 1.165) is 75.1 Å². The number of hydrogen-bond acceptors (Lipinski definition) is 8. The molecule has 8 nitrogen and oxygen atoms in total. The predicted octanol–water partition coefficient (Wildman–Crippen LogP) is 6.35. The third-order valence-corrected chi connectivity index (χ3v) is 9.69. The Morgan fingerprint density at radius 2 is 0.673 bits per heavy atom. The summed E-state index contributed by atoms with van der Waals surface area (Å²) in [5, 5.41) is 0. The Hall–Kier alpha value is -4.08. The summed E-state index contributed by atoms with van der Waals surface area (Å²) in [7, 11) is 0. The van der Waals surface area contributed by atoms with Gasteiger partial charge in [0.1, 0.15) is 73.8 Å². The molecule has 49 heavy (non-hydrogen) atoms. The number of ether oxygens (including phenoxy) is 8. The molecule has 8 rings (SSSR count). The molecule has 4 aromatic rings. The molecule has 0 aromatic heterocycles. The Morgan fingerprint density at radius 1 is 0.408 bits per heavy atom. The minimum absolute atomic E-state index is 0.212. The lowest BCUT2D eigenvalue weighted by molar-refractivity contribution is 0.262. The summed E-state index contributed by atoms with van der Waals surface area (Å²) in [5.41, 5.74) is 4.78. The highest BCUT2D eigenvalue weighted by atomic mass is 16.6. The number of benzene rings is 4. The molecule has 4 aliphatic rings. The standard InChI is InChI=1S/C41H44O8/c1-9-33(42-21-37-25-46-37)10-2-29(1)17-19-41(31-5-13-35(14-6-31)44-23-39-27-48-39,32-7-15-36(16-8-32)45-24-40-28-49-40)20-18-30-3-11-34(12-4-30)43-22-38-26-47-38/h1-16,37-40H,17-28H2. The van der Waals surface area contributed by atoms with Crippen molar-refractivity contribution in [3.05, 3.63) is 119 Å². The van der Waals surface area contributed by atoms with Gasteiger partial charge in [-0.25, -0.2) is 0 Å². The average Bonchev–Trinajstić information content (AvgIpc) is 3.94. The van der Waals surface area contributed by atoms with Gasteiger partial charge in [0.15, 0.2) is 0 Å². The van der Waals surface area contributed by atoms with Gasteiger partial charge in [0.05, 0.1) is 26.4 Å². The topological polar surface area (TPSA) is 87.0 Å². The van der Waals surface area contributed by atoms with Gasteiger partial charge in [-0.15, -0.1) is 0 Å². The molecule has 4 unspecified atom stereocenters. The van der Waals surface area contributed by atoms with Crippen LogP contribution in [-0.2, 0) is 37.2 Å². The summed E-state index contributed by atoms with van der Waals surface area (Å²) in [6, 6.07) is 34.4. The fourth-order valence-corrected chi connectivity index (χ4v) is 6.24. The normalized spacial score (nSPS) is 22.9. The first kappa shape index (κ1) is 32.1. The molecule has 0 aliphatic carbocycles. The fourth-order valence-electron chi connectivity index (χ4n) is 6.24. The summed E-state index contributed by atoms with van der Waals surface area (Å²) in [4.78, 5) is 0. The number of rotatable bonds is 20. The second-order valence-electron chi connectivity index (χ2n) is 13.5. The minimum Gasteiger partial charge on any atom is -0.491 e. The van der Waals surface area contributed by atoms with Gasteiger partial charge >= 0.3 is 0 Å². The van der Waals surface area contributed by atoms with Gasteiger partial charge in [-0.05, 0) is 96.5 Å². The van der Waals surface area contributed by atoms with Crippen LogP contribution < -0.4 is 18.9 Å². The molecule has 4 fully saturated rings. The third kappa shape index (κ3) is 9.13. The van der Waals surface area contributed by atoms with Crippen LogP contribution in [-0.4, -0.2) is 77.3 Å². The van der Waals surface area contributed by atoms with Gasteiger partial charge in [-0.2, -0.15) is 0 Å². The van der Waals surface area contributed by atoms with Gasteiger partial charge in [0.25, 0.3) is 0 Å². The number of aryl methyl sites for hydroxylation is 2. The smallest absolute Gasteiger partial charge is 0.119 e. The van der Waals surface area contributed by atoms with Crippen LogP contribution in [0.4, 0.5) is 0 Å². The number of hydrogen-bond donors (Lipinski definition) is 0. The second-order valence-corrected chi connectivity index (χ2v) is 13.5. The summed E-state index contributed by atoms with van der Waals surface area (Å²) in [6.07, 6.45) is 4.52. The molecule has 0 N–H and O–H groups in total. The predicted molar refractivity (Wildman–Crippen MR) is 184 cm³/mol. The van der Waals surface area contributed by atoms with E-state index in [2.05, 4.69) is 97.1 Å². The van der Waals surface area contributed by atoms with Gasteiger partial charge in [-0.1, -0.05) is 48.5 Å². The molecule has 4 aliphatic heterocycles. The highest BCUT2D eigenvalue weighted by Gasteiger charge is 2.35. The van der Waals surface area contributed by atoms with Crippen LogP contribution in [0.2, 0.25) is 0 Å². The molecule has 4 heterocycles. The van der Waals surface area contributed by atoms with Crippen molar-refractivity contribution in [2.45, 2.75) is 55.5 Å². The van der Waals surface area contributed by atoms with Crippen molar-refractivity contribution in [2.24, 2.45) is 0 Å². The van der Waals surface area contributed by atoms with Crippen LogP contribution >= 0.6 is 0 Å². The monoisotopic (exact) mass is 664 g/mol. The Kier molecular flexibility index (Phi) is 9.71. The molecule has 0 saturated carbocycles. The van der Waals surface area contributed by atoms with Crippen molar-refractivity contribution >= 4 is 0 Å². The maximum absolute atomic E-state index is 6.04. The molecule has 0 spiro atoms. The van der Waals surface area contributed by atoms with Gasteiger partial charge < -0.3 is 37.9 Å². The fraction of sp³-hybridized carbons (Fsp3) is 0.415. The zero-order valence-electron chi connectivity index (χ0n) is 27.8. The van der Waals surface area contributed by atoms with Gasteiger partial charge in [-0.3, -0.25) is 0 Å². The molecule has 0 radical (unpaired) electrons. The molecular weight excluding hydrogens is 620 g/mol. The molecule has 8 heteroatoms. The summed E-state index contributed by atoms with van der Waals surface area (Å²) in [6.45, 7) is 5.50. The second kappa shape index (κ2) is 14.8. The quantitative estimate of drug-likeness (QED) is 0.101. The Labute approximate surface area is 288 Å². The Balaban J connectivity index is 1.06. The minimum atomic E-state index is -0.284. The lowest BCUT2D eigenvalue weighted by Gasteiger charge is -2.36. The van der Waals surface area contributed by atoms with Gasteiger partial charge in [0, 0.05) is 5.41 Å². The Bertz CT molecular complexity index is 1500. The summed E-state index contributed by atoms with van der Waals surface area (Å²) < 4.78 is 45.2. The first-order chi connectivity index (χ1) is 24.2. The first-order valence-electron chi connectivity index (χ1n) is 17.5. The van der Waals surface area contributed by atoms with Crippen LogP contribution in [0.3, 0.4) is 0 Å². The van der Waals surface area contributed by atoms with E-state index in [-0.39, 0.29) is 29.8 Å². The van der Waals surface area contributed by atoms with Crippen LogP contribution in [0.5, 0.6) is 23.0 Å². The van der Waals surface area contributed by atoms with E-state index in [0.29, 0.717) is 26.4 Å². The highest BCUT2D eigenvalue weighted by Crippen LogP contribution is 2.42. The van der Waals surface area contributed by atoms with Crippen molar-refractivity contribution in [2.75, 3.05) is 52.9 Å². The summed E-state index contributed by atoms with van der Waals surface area (Å²) in [5.74, 6) is 3.47. The molecular formula is C41H44O8. The van der Waals surface area contributed by atoms with Gasteiger partial charge in [0.2, 0.25) is 0 Å². The van der Waals surface area contributed by atoms with Crippen molar-refractivity contribution in [3.8, 4) is 23.0 Å². The number of epoxide rings is 4. The van der Waals surface area contributed by atoms with E-state index >= 15 is 0 Å². The van der Waals surface area contributed by atoms with E-state index in [4.69, 9.17) is 37.9 Å². The van der Waals surface area contributed by atoms with Crippen LogP contribution in [0.25, 0.3) is 0 Å². The van der Waals surface area contributed by atoms with Crippen molar-refractivity contribution < 1.29 is 37.9 Å². The van der Waals surface area contributed by atoms with Crippen molar-refractivity contribution in [3.63, 3.8) is 0 Å². The van der Waals surface area contributed by atoms with Crippen LogP contribution in [0, 0.1) is 0 Å². The third-order valence-electron chi connectivity index (χ3n) is 9.69. The molecule has 0 bridgehead atoms. The van der Waals surface area contributed by atoms with Crippen LogP contribution in [0.1, 0.15) is 35.1 Å².